The predicted molar refractivity (Wildman–Crippen MR) is 62.6 cm³/mol. The summed E-state index contributed by atoms with van der Waals surface area (Å²) in [4.78, 5) is 0. The summed E-state index contributed by atoms with van der Waals surface area (Å²) in [5.74, 6) is 0. The van der Waals surface area contributed by atoms with Crippen LogP contribution in [0.25, 0.3) is 0 Å². The average Bonchev–Trinajstić information content (AvgIpc) is 2.04. The Hall–Kier alpha value is 0.390. The molecule has 1 heterocycles. The Morgan fingerprint density at radius 2 is 1.31 bits per heavy atom. The largest absolute Gasteiger partial charge is 0.277 e. The van der Waals surface area contributed by atoms with Crippen molar-refractivity contribution in [2.24, 2.45) is 0 Å². The quantitative estimate of drug-likeness (QED) is 0.629. The van der Waals surface area contributed by atoms with Gasteiger partial charge in [0.15, 0.2) is 0 Å². The summed E-state index contributed by atoms with van der Waals surface area (Å²) >= 11 is 0. The highest BCUT2D eigenvalue weighted by Gasteiger charge is 2.24. The van der Waals surface area contributed by atoms with Crippen molar-refractivity contribution in [2.75, 3.05) is 12.3 Å². The molecule has 1 nitrogen and oxygen atoms in total. The molecule has 0 aromatic heterocycles. The minimum atomic E-state index is 0.219. The predicted octanol–water partition coefficient (Wildman–Crippen LogP) is 3.69. The zero-order valence-corrected chi connectivity index (χ0v) is 10.5. The summed E-state index contributed by atoms with van der Waals surface area (Å²) in [7, 11) is 0.219. The van der Waals surface area contributed by atoms with Crippen molar-refractivity contribution in [1.82, 2.24) is 4.67 Å². The van der Waals surface area contributed by atoms with E-state index in [2.05, 4.69) is 32.4 Å². The van der Waals surface area contributed by atoms with Crippen molar-refractivity contribution >= 4 is 8.07 Å². The minimum absolute atomic E-state index is 0.219. The first-order valence-electron chi connectivity index (χ1n) is 5.66. The van der Waals surface area contributed by atoms with Gasteiger partial charge < -0.3 is 0 Å². The summed E-state index contributed by atoms with van der Waals surface area (Å²) in [5.41, 5.74) is 0. The van der Waals surface area contributed by atoms with Crippen LogP contribution in [0.4, 0.5) is 0 Å². The molecular formula is C11H24NP. The Kier molecular flexibility index (Phi) is 4.69. The van der Waals surface area contributed by atoms with Gasteiger partial charge in [0.1, 0.15) is 0 Å². The lowest BCUT2D eigenvalue weighted by Crippen LogP contribution is -2.34. The van der Waals surface area contributed by atoms with Gasteiger partial charge in [-0.2, -0.15) is 0 Å². The standard InChI is InChI=1S/C11H24NP/c1-10(2)12(11(3)4)13-8-6-5-7-9-13/h10-11H,5-9H2,1-4H3. The summed E-state index contributed by atoms with van der Waals surface area (Å²) < 4.78 is 2.76. The lowest BCUT2D eigenvalue weighted by molar-refractivity contribution is 0.319. The lowest BCUT2D eigenvalue weighted by Gasteiger charge is -2.40. The topological polar surface area (TPSA) is 3.24 Å². The van der Waals surface area contributed by atoms with Gasteiger partial charge in [0.25, 0.3) is 0 Å². The van der Waals surface area contributed by atoms with Crippen molar-refractivity contribution in [3.8, 4) is 0 Å². The molecular weight excluding hydrogens is 177 g/mol. The van der Waals surface area contributed by atoms with Crippen LogP contribution in [-0.4, -0.2) is 29.1 Å². The molecule has 2 heteroatoms. The third kappa shape index (κ3) is 3.22. The van der Waals surface area contributed by atoms with Crippen molar-refractivity contribution in [1.29, 1.82) is 0 Å². The molecule has 78 valence electrons. The molecule has 0 aromatic carbocycles. The van der Waals surface area contributed by atoms with Gasteiger partial charge in [-0.1, -0.05) is 6.42 Å². The normalized spacial score (nSPS) is 20.5. The summed E-state index contributed by atoms with van der Waals surface area (Å²) in [6, 6.07) is 1.48. The number of hydrogen-bond acceptors (Lipinski definition) is 1. The molecule has 0 N–H and O–H groups in total. The van der Waals surface area contributed by atoms with Gasteiger partial charge in [0.05, 0.1) is 0 Å². The molecule has 0 aromatic rings. The Balaban J connectivity index is 2.52. The van der Waals surface area contributed by atoms with E-state index in [4.69, 9.17) is 0 Å². The molecule has 1 fully saturated rings. The second-order valence-corrected chi connectivity index (χ2v) is 6.95. The monoisotopic (exact) mass is 201 g/mol. The van der Waals surface area contributed by atoms with Gasteiger partial charge in [-0.25, -0.2) is 0 Å². The van der Waals surface area contributed by atoms with E-state index in [1.807, 2.05) is 0 Å². The Morgan fingerprint density at radius 3 is 1.69 bits per heavy atom. The fraction of sp³-hybridized carbons (Fsp3) is 1.00. The molecule has 0 spiro atoms. The fourth-order valence-electron chi connectivity index (χ4n) is 2.36. The molecule has 0 unspecified atom stereocenters. The van der Waals surface area contributed by atoms with Crippen molar-refractivity contribution < 1.29 is 0 Å². The summed E-state index contributed by atoms with van der Waals surface area (Å²) in [5, 5.41) is 0. The number of hydrogen-bond donors (Lipinski definition) is 0. The van der Waals surface area contributed by atoms with E-state index in [1.165, 1.54) is 31.6 Å². The highest BCUT2D eigenvalue weighted by molar-refractivity contribution is 7.55. The minimum Gasteiger partial charge on any atom is -0.277 e. The molecule has 1 aliphatic rings. The van der Waals surface area contributed by atoms with E-state index in [9.17, 15) is 0 Å². The van der Waals surface area contributed by atoms with Crippen molar-refractivity contribution in [2.45, 2.75) is 59.0 Å². The van der Waals surface area contributed by atoms with Gasteiger partial charge in [0, 0.05) is 12.1 Å². The molecule has 0 saturated carbocycles. The third-order valence-corrected chi connectivity index (χ3v) is 5.96. The molecule has 1 rings (SSSR count). The van der Waals surface area contributed by atoms with Gasteiger partial charge in [-0.3, -0.25) is 4.67 Å². The van der Waals surface area contributed by atoms with Crippen molar-refractivity contribution in [3.63, 3.8) is 0 Å². The Bertz CT molecular complexity index is 131. The number of nitrogens with zero attached hydrogens (tertiary/aromatic N) is 1. The molecule has 1 saturated heterocycles. The van der Waals surface area contributed by atoms with Crippen LogP contribution in [0.3, 0.4) is 0 Å². The highest BCUT2D eigenvalue weighted by Crippen LogP contribution is 2.47. The highest BCUT2D eigenvalue weighted by atomic mass is 31.1. The van der Waals surface area contributed by atoms with Gasteiger partial charge in [-0.05, 0) is 60.9 Å². The molecule has 0 radical (unpaired) electrons. The van der Waals surface area contributed by atoms with Gasteiger partial charge >= 0.3 is 0 Å². The zero-order chi connectivity index (χ0) is 9.84. The van der Waals surface area contributed by atoms with E-state index in [0.29, 0.717) is 0 Å². The van der Waals surface area contributed by atoms with Gasteiger partial charge in [-0.15, -0.1) is 0 Å². The van der Waals surface area contributed by atoms with E-state index in [0.717, 1.165) is 12.1 Å². The number of rotatable bonds is 3. The second kappa shape index (κ2) is 5.32. The third-order valence-electron chi connectivity index (χ3n) is 2.72. The van der Waals surface area contributed by atoms with Crippen LogP contribution in [0.1, 0.15) is 47.0 Å². The smallest absolute Gasteiger partial charge is 0.00803 e. The first-order valence-corrected chi connectivity index (χ1v) is 7.32. The Morgan fingerprint density at radius 1 is 0.846 bits per heavy atom. The van der Waals surface area contributed by atoms with Crippen LogP contribution in [0.2, 0.25) is 0 Å². The van der Waals surface area contributed by atoms with E-state index < -0.39 is 0 Å². The first kappa shape index (κ1) is 11.5. The molecule has 0 bridgehead atoms. The van der Waals surface area contributed by atoms with Crippen LogP contribution in [0.5, 0.6) is 0 Å². The van der Waals surface area contributed by atoms with Crippen LogP contribution < -0.4 is 0 Å². The maximum atomic E-state index is 2.76. The Labute approximate surface area is 84.7 Å². The molecule has 0 amide bonds. The van der Waals surface area contributed by atoms with Crippen LogP contribution in [-0.2, 0) is 0 Å². The molecule has 1 aliphatic heterocycles. The summed E-state index contributed by atoms with van der Waals surface area (Å²) in [6.45, 7) is 9.38. The van der Waals surface area contributed by atoms with Crippen LogP contribution >= 0.6 is 8.07 Å². The van der Waals surface area contributed by atoms with Gasteiger partial charge in [0.2, 0.25) is 0 Å². The zero-order valence-electron chi connectivity index (χ0n) is 9.58. The average molecular weight is 201 g/mol. The maximum absolute atomic E-state index is 2.76. The first-order chi connectivity index (χ1) is 6.13. The second-order valence-electron chi connectivity index (χ2n) is 4.58. The van der Waals surface area contributed by atoms with E-state index in [-0.39, 0.29) is 8.07 Å². The molecule has 13 heavy (non-hydrogen) atoms. The van der Waals surface area contributed by atoms with Crippen molar-refractivity contribution in [3.05, 3.63) is 0 Å². The summed E-state index contributed by atoms with van der Waals surface area (Å²) in [6.07, 6.45) is 7.41. The molecule has 0 aliphatic carbocycles. The maximum Gasteiger partial charge on any atom is 0.00803 e. The van der Waals surface area contributed by atoms with Crippen LogP contribution in [0, 0.1) is 0 Å². The SMILES string of the molecule is CC(C)N(C(C)C)P1CCCCC1. The fourth-order valence-corrected chi connectivity index (χ4v) is 5.53. The van der Waals surface area contributed by atoms with E-state index in [1.54, 1.807) is 0 Å². The lowest BCUT2D eigenvalue weighted by atomic mass is 10.3. The van der Waals surface area contributed by atoms with E-state index >= 15 is 0 Å². The molecule has 0 atom stereocenters. The van der Waals surface area contributed by atoms with Crippen LogP contribution in [0.15, 0.2) is 0 Å².